The van der Waals surface area contributed by atoms with E-state index in [9.17, 15) is 9.59 Å². The monoisotopic (exact) mass is 568 g/mol. The lowest BCUT2D eigenvalue weighted by molar-refractivity contribution is -0.143. The van der Waals surface area contributed by atoms with Gasteiger partial charge in [0.25, 0.3) is 5.91 Å². The molecule has 0 saturated carbocycles. The van der Waals surface area contributed by atoms with Crippen LogP contribution in [0.1, 0.15) is 57.7 Å². The molecule has 2 amide bonds. The number of rotatable bonds is 11. The number of benzene rings is 3. The summed E-state index contributed by atoms with van der Waals surface area (Å²) in [6.07, 6.45) is 1.12. The molecular weight excluding hydrogens is 531 g/mol. The Balaban J connectivity index is 1.92. The Hall–Kier alpha value is -3.02. The molecule has 2 unspecified atom stereocenters. The minimum Gasteiger partial charge on any atom is -0.484 e. The highest BCUT2D eigenvalue weighted by molar-refractivity contribution is 6.35. The minimum atomic E-state index is -0.771. The summed E-state index contributed by atoms with van der Waals surface area (Å²) in [5.74, 6) is 0.0480. The van der Waals surface area contributed by atoms with Crippen LogP contribution in [0.2, 0.25) is 10.0 Å². The van der Waals surface area contributed by atoms with Crippen molar-refractivity contribution in [2.45, 2.75) is 71.5 Å². The third kappa shape index (κ3) is 9.01. The summed E-state index contributed by atoms with van der Waals surface area (Å²) in [6.45, 7) is 10.3. The Morgan fingerprint density at radius 3 is 2.23 bits per heavy atom. The van der Waals surface area contributed by atoms with Gasteiger partial charge in [0.1, 0.15) is 11.8 Å². The molecule has 7 heteroatoms. The number of carbonyl (C=O) groups is 2. The van der Waals surface area contributed by atoms with E-state index in [1.54, 1.807) is 23.1 Å². The molecule has 0 aromatic heterocycles. The van der Waals surface area contributed by atoms with E-state index < -0.39 is 6.04 Å². The highest BCUT2D eigenvalue weighted by Crippen LogP contribution is 2.26. The molecule has 3 aromatic carbocycles. The van der Waals surface area contributed by atoms with Crippen LogP contribution in [0.25, 0.3) is 0 Å². The van der Waals surface area contributed by atoms with Gasteiger partial charge >= 0.3 is 0 Å². The zero-order chi connectivity index (χ0) is 28.6. The van der Waals surface area contributed by atoms with Crippen LogP contribution in [0.3, 0.4) is 0 Å². The fraction of sp³-hybridized carbons (Fsp3) is 0.375. The zero-order valence-corrected chi connectivity index (χ0v) is 24.9. The molecule has 0 bridgehead atoms. The fourth-order valence-corrected chi connectivity index (χ4v) is 4.58. The highest BCUT2D eigenvalue weighted by Gasteiger charge is 2.31. The third-order valence-electron chi connectivity index (χ3n) is 6.71. The molecule has 3 rings (SSSR count). The molecule has 1 N–H and O–H groups in total. The maximum Gasteiger partial charge on any atom is 0.261 e. The van der Waals surface area contributed by atoms with Crippen LogP contribution in [0.5, 0.6) is 5.75 Å². The summed E-state index contributed by atoms with van der Waals surface area (Å²) < 4.78 is 5.91. The average Bonchev–Trinajstić information content (AvgIpc) is 2.90. The van der Waals surface area contributed by atoms with Crippen LogP contribution in [-0.2, 0) is 28.0 Å². The highest BCUT2D eigenvalue weighted by atomic mass is 35.5. The molecule has 0 aliphatic rings. The number of hydrogen-bond donors (Lipinski definition) is 1. The fourth-order valence-electron chi connectivity index (χ4n) is 4.11. The molecule has 208 valence electrons. The molecule has 5 nitrogen and oxygen atoms in total. The van der Waals surface area contributed by atoms with Crippen LogP contribution in [0.15, 0.2) is 72.8 Å². The quantitative estimate of drug-likeness (QED) is 0.265. The van der Waals surface area contributed by atoms with Crippen molar-refractivity contribution in [2.75, 3.05) is 6.61 Å². The molecule has 39 heavy (non-hydrogen) atoms. The van der Waals surface area contributed by atoms with Gasteiger partial charge in [0.15, 0.2) is 6.61 Å². The zero-order valence-electron chi connectivity index (χ0n) is 23.3. The molecule has 3 aromatic rings. The normalized spacial score (nSPS) is 12.9. The van der Waals surface area contributed by atoms with Crippen LogP contribution < -0.4 is 10.1 Å². The van der Waals surface area contributed by atoms with E-state index in [0.29, 0.717) is 27.8 Å². The Kier molecular flexibility index (Phi) is 10.8. The number of ether oxygens (including phenoxy) is 1. The first-order valence-corrected chi connectivity index (χ1v) is 14.0. The first-order valence-electron chi connectivity index (χ1n) is 13.3. The lowest BCUT2D eigenvalue weighted by Gasteiger charge is -2.32. The van der Waals surface area contributed by atoms with Gasteiger partial charge in [0, 0.05) is 29.1 Å². The number of nitrogens with zero attached hydrogens (tertiary/aromatic N) is 1. The van der Waals surface area contributed by atoms with Gasteiger partial charge in [-0.25, -0.2) is 0 Å². The summed E-state index contributed by atoms with van der Waals surface area (Å²) in [5, 5.41) is 3.99. The molecule has 0 saturated heterocycles. The van der Waals surface area contributed by atoms with Gasteiger partial charge < -0.3 is 15.0 Å². The number of hydrogen-bond acceptors (Lipinski definition) is 3. The number of nitrogens with one attached hydrogen (secondary N) is 1. The minimum absolute atomic E-state index is 0.0106. The van der Waals surface area contributed by atoms with Crippen molar-refractivity contribution in [3.05, 3.63) is 99.5 Å². The Bertz CT molecular complexity index is 1240. The van der Waals surface area contributed by atoms with Crippen molar-refractivity contribution >= 4 is 35.0 Å². The Morgan fingerprint density at radius 2 is 1.64 bits per heavy atom. The van der Waals surface area contributed by atoms with E-state index in [1.165, 1.54) is 5.56 Å². The SMILES string of the molecule is CCC(C)NC(=O)C(Cc1ccccc1)N(Cc1ccc(Cl)cc1Cl)C(=O)COc1ccc(C(C)(C)C)cc1. The van der Waals surface area contributed by atoms with E-state index in [1.807, 2.05) is 68.4 Å². The standard InChI is InChI=1S/C32H38Cl2N2O3/c1-6-22(2)35-31(38)29(18-23-10-8-7-9-11-23)36(20-24-12-15-26(33)19-28(24)34)30(37)21-39-27-16-13-25(14-17-27)32(3,4)5/h7-17,19,22,29H,6,18,20-21H2,1-5H3,(H,35,38). The number of amides is 2. The number of carbonyl (C=O) groups excluding carboxylic acids is 2. The van der Waals surface area contributed by atoms with Gasteiger partial charge in [-0.3, -0.25) is 9.59 Å². The lowest BCUT2D eigenvalue weighted by Crippen LogP contribution is -2.53. The molecule has 0 heterocycles. The van der Waals surface area contributed by atoms with E-state index in [-0.39, 0.29) is 36.4 Å². The molecule has 0 aliphatic heterocycles. The van der Waals surface area contributed by atoms with Gasteiger partial charge in [-0.05, 0) is 59.7 Å². The molecule has 2 atom stereocenters. The van der Waals surface area contributed by atoms with Crippen molar-refractivity contribution in [3.63, 3.8) is 0 Å². The second-order valence-electron chi connectivity index (χ2n) is 10.8. The van der Waals surface area contributed by atoms with Crippen LogP contribution in [0.4, 0.5) is 0 Å². The maximum absolute atomic E-state index is 13.8. The molecule has 0 aliphatic carbocycles. The number of halogens is 2. The summed E-state index contributed by atoms with van der Waals surface area (Å²) in [4.78, 5) is 28.9. The van der Waals surface area contributed by atoms with Gasteiger partial charge in [0.2, 0.25) is 5.91 Å². The summed E-state index contributed by atoms with van der Waals surface area (Å²) in [5.41, 5.74) is 2.82. The second kappa shape index (κ2) is 13.9. The third-order valence-corrected chi connectivity index (χ3v) is 7.30. The van der Waals surface area contributed by atoms with Gasteiger partial charge in [-0.2, -0.15) is 0 Å². The predicted octanol–water partition coefficient (Wildman–Crippen LogP) is 7.22. The smallest absolute Gasteiger partial charge is 0.261 e. The van der Waals surface area contributed by atoms with E-state index in [2.05, 4.69) is 26.1 Å². The van der Waals surface area contributed by atoms with Crippen molar-refractivity contribution in [3.8, 4) is 5.75 Å². The van der Waals surface area contributed by atoms with Crippen molar-refractivity contribution in [2.24, 2.45) is 0 Å². The molecular formula is C32H38Cl2N2O3. The van der Waals surface area contributed by atoms with Gasteiger partial charge in [0.05, 0.1) is 0 Å². The summed E-state index contributed by atoms with van der Waals surface area (Å²) in [7, 11) is 0. The van der Waals surface area contributed by atoms with Crippen LogP contribution >= 0.6 is 23.2 Å². The van der Waals surface area contributed by atoms with E-state index >= 15 is 0 Å². The van der Waals surface area contributed by atoms with Crippen molar-refractivity contribution in [1.29, 1.82) is 0 Å². The molecule has 0 spiro atoms. The molecule has 0 fully saturated rings. The molecule has 0 radical (unpaired) electrons. The van der Waals surface area contributed by atoms with Crippen LogP contribution in [-0.4, -0.2) is 35.4 Å². The van der Waals surface area contributed by atoms with E-state index in [4.69, 9.17) is 27.9 Å². The van der Waals surface area contributed by atoms with Crippen LogP contribution in [0, 0.1) is 0 Å². The lowest BCUT2D eigenvalue weighted by atomic mass is 9.87. The van der Waals surface area contributed by atoms with Crippen molar-refractivity contribution < 1.29 is 14.3 Å². The maximum atomic E-state index is 13.8. The van der Waals surface area contributed by atoms with E-state index in [0.717, 1.165) is 12.0 Å². The first-order chi connectivity index (χ1) is 18.5. The topological polar surface area (TPSA) is 58.6 Å². The average molecular weight is 570 g/mol. The second-order valence-corrected chi connectivity index (χ2v) is 11.7. The first kappa shape index (κ1) is 30.5. The predicted molar refractivity (Wildman–Crippen MR) is 159 cm³/mol. The Morgan fingerprint density at radius 1 is 0.974 bits per heavy atom. The largest absolute Gasteiger partial charge is 0.484 e. The summed E-state index contributed by atoms with van der Waals surface area (Å²) >= 11 is 12.6. The Labute approximate surface area is 242 Å². The summed E-state index contributed by atoms with van der Waals surface area (Å²) in [6, 6.07) is 21.8. The van der Waals surface area contributed by atoms with Gasteiger partial charge in [-0.1, -0.05) is 99.4 Å². The van der Waals surface area contributed by atoms with Crippen molar-refractivity contribution in [1.82, 2.24) is 10.2 Å². The van der Waals surface area contributed by atoms with Gasteiger partial charge in [-0.15, -0.1) is 0 Å².